The van der Waals surface area contributed by atoms with Crippen LogP contribution in [-0.4, -0.2) is 22.4 Å². The van der Waals surface area contributed by atoms with Gasteiger partial charge in [0.1, 0.15) is 11.5 Å². The second kappa shape index (κ2) is 7.00. The Morgan fingerprint density at radius 3 is 2.90 bits per heavy atom. The molecular weight excluding hydrogens is 272 g/mol. The Hall–Kier alpha value is -1.95. The van der Waals surface area contributed by atoms with E-state index in [0.717, 1.165) is 17.8 Å². The van der Waals surface area contributed by atoms with Crippen molar-refractivity contribution >= 4 is 23.1 Å². The molecule has 0 fully saturated rings. The van der Waals surface area contributed by atoms with Gasteiger partial charge in [-0.05, 0) is 24.8 Å². The third kappa shape index (κ3) is 3.54. The summed E-state index contributed by atoms with van der Waals surface area (Å²) >= 11 is 1.64. The van der Waals surface area contributed by atoms with Crippen molar-refractivity contribution in [3.05, 3.63) is 40.5 Å². The fourth-order valence-electron chi connectivity index (χ4n) is 1.84. The number of carbonyl (C=O) groups excluding carboxylic acids is 1. The van der Waals surface area contributed by atoms with Crippen LogP contribution in [0.4, 0.5) is 5.82 Å². The lowest BCUT2D eigenvalue weighted by atomic mass is 10.2. The van der Waals surface area contributed by atoms with Gasteiger partial charge in [-0.1, -0.05) is 13.0 Å². The Bertz CT molecular complexity index is 556. The quantitative estimate of drug-likeness (QED) is 0.858. The molecule has 0 saturated carbocycles. The van der Waals surface area contributed by atoms with E-state index in [4.69, 9.17) is 0 Å². The first-order valence-electron chi connectivity index (χ1n) is 6.64. The zero-order valence-corrected chi connectivity index (χ0v) is 12.4. The summed E-state index contributed by atoms with van der Waals surface area (Å²) in [5, 5.41) is 8.05. The number of anilines is 1. The summed E-state index contributed by atoms with van der Waals surface area (Å²) < 4.78 is 0. The van der Waals surface area contributed by atoms with Gasteiger partial charge in [0.25, 0.3) is 5.91 Å². The molecule has 1 unspecified atom stereocenters. The molecule has 2 aromatic rings. The molecule has 2 rings (SSSR count). The maximum Gasteiger partial charge on any atom is 0.272 e. The summed E-state index contributed by atoms with van der Waals surface area (Å²) in [7, 11) is 0. The summed E-state index contributed by atoms with van der Waals surface area (Å²) in [6, 6.07) is 4.03. The monoisotopic (exact) mass is 290 g/mol. The van der Waals surface area contributed by atoms with E-state index in [0.29, 0.717) is 11.5 Å². The predicted molar refractivity (Wildman–Crippen MR) is 81.0 cm³/mol. The van der Waals surface area contributed by atoms with Crippen molar-refractivity contribution in [2.45, 2.75) is 26.3 Å². The van der Waals surface area contributed by atoms with Crippen LogP contribution in [0, 0.1) is 0 Å². The van der Waals surface area contributed by atoms with Crippen molar-refractivity contribution in [3.63, 3.8) is 0 Å². The minimum Gasteiger partial charge on any atom is -0.369 e. The molecule has 6 heteroatoms. The average Bonchev–Trinajstić information content (AvgIpc) is 2.99. The molecule has 0 aliphatic rings. The fourth-order valence-corrected chi connectivity index (χ4v) is 2.70. The Morgan fingerprint density at radius 1 is 1.40 bits per heavy atom. The lowest BCUT2D eigenvalue weighted by Crippen LogP contribution is -2.28. The number of thiophene rings is 1. The van der Waals surface area contributed by atoms with Crippen molar-refractivity contribution in [2.24, 2.45) is 0 Å². The van der Waals surface area contributed by atoms with Crippen LogP contribution in [0.5, 0.6) is 0 Å². The van der Waals surface area contributed by atoms with E-state index in [9.17, 15) is 4.79 Å². The van der Waals surface area contributed by atoms with Gasteiger partial charge in [-0.25, -0.2) is 4.98 Å². The molecule has 0 radical (unpaired) electrons. The fraction of sp³-hybridized carbons (Fsp3) is 0.357. The topological polar surface area (TPSA) is 66.9 Å². The number of hydrogen-bond donors (Lipinski definition) is 2. The van der Waals surface area contributed by atoms with E-state index in [1.165, 1.54) is 6.20 Å². The van der Waals surface area contributed by atoms with Gasteiger partial charge in [0, 0.05) is 11.4 Å². The third-order valence-electron chi connectivity index (χ3n) is 2.83. The first-order valence-corrected chi connectivity index (χ1v) is 7.52. The minimum atomic E-state index is -0.197. The molecule has 2 N–H and O–H groups in total. The Morgan fingerprint density at radius 2 is 2.25 bits per heavy atom. The maximum absolute atomic E-state index is 12.2. The number of rotatable bonds is 6. The number of carbonyl (C=O) groups is 1. The molecule has 20 heavy (non-hydrogen) atoms. The molecule has 5 nitrogen and oxygen atoms in total. The van der Waals surface area contributed by atoms with Crippen LogP contribution in [0.1, 0.15) is 41.7 Å². The molecule has 1 atom stereocenters. The minimum absolute atomic E-state index is 0.0205. The van der Waals surface area contributed by atoms with E-state index in [2.05, 4.69) is 20.6 Å². The standard InChI is InChI=1S/C14H18N4OS/c1-3-10(12-6-5-7-20-12)18-14(19)11-8-15-9-13(17-11)16-4-2/h5-10H,3-4H2,1-2H3,(H,16,17)(H,18,19). The van der Waals surface area contributed by atoms with E-state index in [1.807, 2.05) is 31.4 Å². The lowest BCUT2D eigenvalue weighted by molar-refractivity contribution is 0.0931. The molecule has 0 aliphatic carbocycles. The highest BCUT2D eigenvalue weighted by molar-refractivity contribution is 7.10. The van der Waals surface area contributed by atoms with Crippen molar-refractivity contribution in [1.29, 1.82) is 0 Å². The molecule has 106 valence electrons. The molecule has 2 aromatic heterocycles. The van der Waals surface area contributed by atoms with Gasteiger partial charge >= 0.3 is 0 Å². The van der Waals surface area contributed by atoms with E-state index in [-0.39, 0.29) is 11.9 Å². The van der Waals surface area contributed by atoms with Crippen LogP contribution in [0.2, 0.25) is 0 Å². The smallest absolute Gasteiger partial charge is 0.272 e. The molecule has 0 saturated heterocycles. The number of hydrogen-bond acceptors (Lipinski definition) is 5. The molecule has 1 amide bonds. The van der Waals surface area contributed by atoms with Gasteiger partial charge in [0.15, 0.2) is 0 Å². The Balaban J connectivity index is 2.09. The SMILES string of the molecule is CCNc1cncc(C(=O)NC(CC)c2cccs2)n1. The highest BCUT2D eigenvalue weighted by atomic mass is 32.1. The second-order valence-corrected chi connectivity index (χ2v) is 5.25. The van der Waals surface area contributed by atoms with E-state index < -0.39 is 0 Å². The highest BCUT2D eigenvalue weighted by Crippen LogP contribution is 2.21. The molecule has 0 aliphatic heterocycles. The summed E-state index contributed by atoms with van der Waals surface area (Å²) in [5.41, 5.74) is 0.332. The first-order chi connectivity index (χ1) is 9.74. The second-order valence-electron chi connectivity index (χ2n) is 4.27. The number of amides is 1. The number of nitrogens with zero attached hydrogens (tertiary/aromatic N) is 2. The third-order valence-corrected chi connectivity index (χ3v) is 3.81. The van der Waals surface area contributed by atoms with Crippen LogP contribution < -0.4 is 10.6 Å². The zero-order valence-electron chi connectivity index (χ0n) is 11.6. The van der Waals surface area contributed by atoms with Gasteiger partial charge in [-0.2, -0.15) is 0 Å². The van der Waals surface area contributed by atoms with Gasteiger partial charge in [0.2, 0.25) is 0 Å². The van der Waals surface area contributed by atoms with Crippen molar-refractivity contribution in [3.8, 4) is 0 Å². The normalized spacial score (nSPS) is 11.9. The number of nitrogens with one attached hydrogen (secondary N) is 2. The summed E-state index contributed by atoms with van der Waals surface area (Å²) in [6.07, 6.45) is 3.93. The zero-order chi connectivity index (χ0) is 14.4. The maximum atomic E-state index is 12.2. The van der Waals surface area contributed by atoms with Crippen LogP contribution in [0.25, 0.3) is 0 Å². The summed E-state index contributed by atoms with van der Waals surface area (Å²) in [5.74, 6) is 0.418. The first kappa shape index (κ1) is 14.5. The van der Waals surface area contributed by atoms with Crippen molar-refractivity contribution < 1.29 is 4.79 Å². The van der Waals surface area contributed by atoms with E-state index in [1.54, 1.807) is 17.5 Å². The van der Waals surface area contributed by atoms with Crippen molar-refractivity contribution in [2.75, 3.05) is 11.9 Å². The molecule has 2 heterocycles. The lowest BCUT2D eigenvalue weighted by Gasteiger charge is -2.15. The molecule has 0 aromatic carbocycles. The summed E-state index contributed by atoms with van der Waals surface area (Å²) in [4.78, 5) is 21.7. The predicted octanol–water partition coefficient (Wildman–Crippen LogP) is 2.85. The average molecular weight is 290 g/mol. The Labute approximate surface area is 122 Å². The molecule has 0 spiro atoms. The highest BCUT2D eigenvalue weighted by Gasteiger charge is 2.16. The summed E-state index contributed by atoms with van der Waals surface area (Å²) in [6.45, 7) is 4.76. The Kier molecular flexibility index (Phi) is 5.06. The van der Waals surface area contributed by atoms with Gasteiger partial charge in [0.05, 0.1) is 18.4 Å². The van der Waals surface area contributed by atoms with Crippen LogP contribution in [0.3, 0.4) is 0 Å². The van der Waals surface area contributed by atoms with Crippen molar-refractivity contribution in [1.82, 2.24) is 15.3 Å². The largest absolute Gasteiger partial charge is 0.369 e. The van der Waals surface area contributed by atoms with Crippen LogP contribution in [-0.2, 0) is 0 Å². The molecular formula is C14H18N4OS. The van der Waals surface area contributed by atoms with Crippen LogP contribution in [0.15, 0.2) is 29.9 Å². The number of aromatic nitrogens is 2. The van der Waals surface area contributed by atoms with Gasteiger partial charge < -0.3 is 10.6 Å². The van der Waals surface area contributed by atoms with Gasteiger partial charge in [-0.15, -0.1) is 11.3 Å². The van der Waals surface area contributed by atoms with Gasteiger partial charge in [-0.3, -0.25) is 9.78 Å². The van der Waals surface area contributed by atoms with Crippen LogP contribution >= 0.6 is 11.3 Å². The molecule has 0 bridgehead atoms. The van der Waals surface area contributed by atoms with E-state index >= 15 is 0 Å².